The second-order valence-corrected chi connectivity index (χ2v) is 10.0. The van der Waals surface area contributed by atoms with Gasteiger partial charge in [0, 0.05) is 11.4 Å². The summed E-state index contributed by atoms with van der Waals surface area (Å²) in [5.74, 6) is -6.05. The molecule has 39 heavy (non-hydrogen) atoms. The van der Waals surface area contributed by atoms with Crippen molar-refractivity contribution in [1.29, 1.82) is 0 Å². The normalized spacial score (nSPS) is 24.3. The van der Waals surface area contributed by atoms with E-state index >= 15 is 0 Å². The number of methoxy groups -OCH3 is 1. The summed E-state index contributed by atoms with van der Waals surface area (Å²) < 4.78 is 5.51. The Bertz CT molecular complexity index is 1490. The lowest BCUT2D eigenvalue weighted by Crippen LogP contribution is -2.57. The molecule has 2 heterocycles. The number of rotatable bonds is 8. The van der Waals surface area contributed by atoms with E-state index in [0.717, 1.165) is 21.4 Å². The van der Waals surface area contributed by atoms with Gasteiger partial charge in [0.2, 0.25) is 11.8 Å². The summed E-state index contributed by atoms with van der Waals surface area (Å²) >= 11 is 0. The molecular formula is C30H30N2O7. The smallest absolute Gasteiger partial charge is 0.325 e. The Kier molecular flexibility index (Phi) is 6.64. The van der Waals surface area contributed by atoms with Crippen LogP contribution in [0.15, 0.2) is 54.6 Å². The third-order valence-corrected chi connectivity index (χ3v) is 8.13. The zero-order valence-electron chi connectivity index (χ0n) is 21.9. The molecule has 3 aromatic rings. The predicted octanol–water partition coefficient (Wildman–Crippen LogP) is 3.72. The van der Waals surface area contributed by atoms with Crippen LogP contribution < -0.4 is 15.0 Å². The Labute approximate surface area is 225 Å². The lowest BCUT2D eigenvalue weighted by molar-refractivity contribution is -0.154. The van der Waals surface area contributed by atoms with Crippen LogP contribution in [0.1, 0.15) is 43.0 Å². The minimum Gasteiger partial charge on any atom is -0.496 e. The lowest BCUT2D eigenvalue weighted by atomic mass is 9.77. The van der Waals surface area contributed by atoms with Gasteiger partial charge < -0.3 is 14.9 Å². The molecular weight excluding hydrogens is 500 g/mol. The molecule has 5 rings (SSSR count). The standard InChI is InChI=1S/C30H30N2O7/c1-4-16-9-8-10-17(5-2)26(16)32-27(35)23-24(28(32)36)30(29(37)38,15-22(33)34)31-25(23)20-13-14-21(39-3)19-12-7-6-11-18(19)20/h6-14,23-25,31H,4-5,15H2,1-3H3,(H,33,34)(H,37,38). The van der Waals surface area contributed by atoms with Gasteiger partial charge in [-0.25, -0.2) is 4.90 Å². The maximum atomic E-state index is 14.3. The van der Waals surface area contributed by atoms with Gasteiger partial charge in [-0.3, -0.25) is 24.5 Å². The molecule has 0 bridgehead atoms. The molecule has 9 nitrogen and oxygen atoms in total. The molecule has 2 aliphatic heterocycles. The molecule has 2 amide bonds. The van der Waals surface area contributed by atoms with E-state index < -0.39 is 53.6 Å². The minimum atomic E-state index is -2.18. The van der Waals surface area contributed by atoms with Crippen LogP contribution >= 0.6 is 0 Å². The number of carboxylic acid groups (broad SMARTS) is 2. The van der Waals surface area contributed by atoms with Crippen molar-refractivity contribution < 1.29 is 34.1 Å². The zero-order valence-corrected chi connectivity index (χ0v) is 21.9. The zero-order chi connectivity index (χ0) is 28.1. The first kappa shape index (κ1) is 26.4. The number of fused-ring (bicyclic) bond motifs is 2. The first-order chi connectivity index (χ1) is 18.7. The molecule has 0 saturated carbocycles. The van der Waals surface area contributed by atoms with Crippen molar-refractivity contribution in [3.63, 3.8) is 0 Å². The number of nitrogens with one attached hydrogen (secondary N) is 1. The fourth-order valence-corrected chi connectivity index (χ4v) is 6.41. The van der Waals surface area contributed by atoms with E-state index in [-0.39, 0.29) is 0 Å². The van der Waals surface area contributed by atoms with E-state index in [1.54, 1.807) is 19.2 Å². The number of carbonyl (C=O) groups excluding carboxylic acids is 2. The SMILES string of the molecule is CCc1cccc(CC)c1N1C(=O)C2C(c3ccc(OC)c4ccccc34)NC(CC(=O)O)(C(=O)O)C2C1=O. The number of imide groups is 1. The van der Waals surface area contributed by atoms with Gasteiger partial charge in [-0.2, -0.15) is 0 Å². The van der Waals surface area contributed by atoms with Crippen LogP contribution in [0.2, 0.25) is 0 Å². The molecule has 9 heteroatoms. The van der Waals surface area contributed by atoms with E-state index in [1.807, 2.05) is 56.3 Å². The highest BCUT2D eigenvalue weighted by Gasteiger charge is 2.69. The Hall–Kier alpha value is -4.24. The van der Waals surface area contributed by atoms with Crippen molar-refractivity contribution in [3.05, 3.63) is 71.3 Å². The van der Waals surface area contributed by atoms with Crippen molar-refractivity contribution in [2.75, 3.05) is 12.0 Å². The summed E-state index contributed by atoms with van der Waals surface area (Å²) in [6.07, 6.45) is 0.246. The Morgan fingerprint density at radius 2 is 1.56 bits per heavy atom. The predicted molar refractivity (Wildman–Crippen MR) is 144 cm³/mol. The second-order valence-electron chi connectivity index (χ2n) is 10.0. The summed E-state index contributed by atoms with van der Waals surface area (Å²) in [5, 5.41) is 24.7. The van der Waals surface area contributed by atoms with Gasteiger partial charge in [0.05, 0.1) is 31.1 Å². The van der Waals surface area contributed by atoms with Gasteiger partial charge in [-0.05, 0) is 41.0 Å². The molecule has 4 atom stereocenters. The molecule has 3 N–H and O–H groups in total. The highest BCUT2D eigenvalue weighted by Crippen LogP contribution is 2.53. The van der Waals surface area contributed by atoms with E-state index in [4.69, 9.17) is 4.74 Å². The number of hydrogen-bond acceptors (Lipinski definition) is 6. The summed E-state index contributed by atoms with van der Waals surface area (Å²) in [6, 6.07) is 15.4. The topological polar surface area (TPSA) is 133 Å². The lowest BCUT2D eigenvalue weighted by Gasteiger charge is -2.31. The maximum absolute atomic E-state index is 14.3. The van der Waals surface area contributed by atoms with Crippen LogP contribution in [-0.2, 0) is 32.0 Å². The van der Waals surface area contributed by atoms with Gasteiger partial charge >= 0.3 is 11.9 Å². The largest absolute Gasteiger partial charge is 0.496 e. The van der Waals surface area contributed by atoms with E-state index in [9.17, 15) is 29.4 Å². The molecule has 0 aromatic heterocycles. The number of benzene rings is 3. The number of nitrogens with zero attached hydrogens (tertiary/aromatic N) is 1. The quantitative estimate of drug-likeness (QED) is 0.375. The number of aliphatic carboxylic acids is 2. The van der Waals surface area contributed by atoms with Gasteiger partial charge in [0.15, 0.2) is 0 Å². The molecule has 202 valence electrons. The number of carbonyl (C=O) groups is 4. The first-order valence-electron chi connectivity index (χ1n) is 13.0. The van der Waals surface area contributed by atoms with Crippen molar-refractivity contribution >= 4 is 40.2 Å². The Morgan fingerprint density at radius 3 is 2.13 bits per heavy atom. The molecule has 0 aliphatic carbocycles. The van der Waals surface area contributed by atoms with Gasteiger partial charge in [-0.15, -0.1) is 0 Å². The molecule has 3 aromatic carbocycles. The average Bonchev–Trinajstić information content (AvgIpc) is 3.40. The van der Waals surface area contributed by atoms with Crippen molar-refractivity contribution in [1.82, 2.24) is 5.32 Å². The first-order valence-corrected chi connectivity index (χ1v) is 13.0. The number of aryl methyl sites for hydroxylation is 2. The second kappa shape index (κ2) is 9.81. The van der Waals surface area contributed by atoms with Gasteiger partial charge in [0.25, 0.3) is 0 Å². The average molecular weight is 531 g/mol. The monoisotopic (exact) mass is 530 g/mol. The summed E-state index contributed by atoms with van der Waals surface area (Å²) in [4.78, 5) is 54.4. The van der Waals surface area contributed by atoms with Crippen LogP contribution in [0.4, 0.5) is 5.69 Å². The van der Waals surface area contributed by atoms with Crippen LogP contribution in [-0.4, -0.2) is 46.6 Å². The molecule has 0 radical (unpaired) electrons. The Morgan fingerprint density at radius 1 is 0.923 bits per heavy atom. The Balaban J connectivity index is 1.76. The third-order valence-electron chi connectivity index (χ3n) is 8.13. The van der Waals surface area contributed by atoms with E-state index in [0.29, 0.717) is 35.2 Å². The van der Waals surface area contributed by atoms with Gasteiger partial charge in [-0.1, -0.05) is 62.4 Å². The van der Waals surface area contributed by atoms with Crippen LogP contribution in [0.25, 0.3) is 10.8 Å². The molecule has 2 fully saturated rings. The van der Waals surface area contributed by atoms with Crippen molar-refractivity contribution in [3.8, 4) is 5.75 Å². The summed E-state index contributed by atoms with van der Waals surface area (Å²) in [5.41, 5.74) is 0.457. The molecule has 0 spiro atoms. The van der Waals surface area contributed by atoms with Crippen molar-refractivity contribution in [2.24, 2.45) is 11.8 Å². The number of hydrogen-bond donors (Lipinski definition) is 3. The van der Waals surface area contributed by atoms with Gasteiger partial charge in [0.1, 0.15) is 11.3 Å². The molecule has 4 unspecified atom stereocenters. The van der Waals surface area contributed by atoms with Crippen LogP contribution in [0.5, 0.6) is 5.75 Å². The fourth-order valence-electron chi connectivity index (χ4n) is 6.41. The highest BCUT2D eigenvalue weighted by atomic mass is 16.5. The number of para-hydroxylation sites is 1. The van der Waals surface area contributed by atoms with Crippen LogP contribution in [0, 0.1) is 11.8 Å². The summed E-state index contributed by atoms with van der Waals surface area (Å²) in [7, 11) is 1.54. The fraction of sp³-hybridized carbons (Fsp3) is 0.333. The minimum absolute atomic E-state index is 0.472. The third kappa shape index (κ3) is 3.87. The number of carboxylic acids is 2. The number of anilines is 1. The number of ether oxygens (including phenoxy) is 1. The molecule has 2 aliphatic rings. The number of amides is 2. The highest BCUT2D eigenvalue weighted by molar-refractivity contribution is 6.25. The maximum Gasteiger partial charge on any atom is 0.325 e. The van der Waals surface area contributed by atoms with E-state index in [2.05, 4.69) is 5.32 Å². The van der Waals surface area contributed by atoms with Crippen molar-refractivity contribution in [2.45, 2.75) is 44.7 Å². The molecule has 2 saturated heterocycles. The van der Waals surface area contributed by atoms with E-state index in [1.165, 1.54) is 0 Å². The summed E-state index contributed by atoms with van der Waals surface area (Å²) in [6.45, 7) is 3.84. The van der Waals surface area contributed by atoms with Crippen LogP contribution in [0.3, 0.4) is 0 Å².